The highest BCUT2D eigenvalue weighted by Crippen LogP contribution is 2.42. The van der Waals surface area contributed by atoms with Crippen molar-refractivity contribution in [1.82, 2.24) is 19.9 Å². The minimum atomic E-state index is -2.66. The third-order valence-corrected chi connectivity index (χ3v) is 6.75. The molecule has 0 bridgehead atoms. The molecule has 0 aliphatic carbocycles. The van der Waals surface area contributed by atoms with E-state index < -0.39 is 41.7 Å². The van der Waals surface area contributed by atoms with E-state index >= 15 is 0 Å². The number of nitrogens with zero attached hydrogens (tertiary/aromatic N) is 5. The summed E-state index contributed by atoms with van der Waals surface area (Å²) >= 11 is 5.93. The summed E-state index contributed by atoms with van der Waals surface area (Å²) < 4.78 is 67.2. The monoisotopic (exact) mass is 475 g/mol. The fourth-order valence-corrected chi connectivity index (χ4v) is 5.18. The predicted octanol–water partition coefficient (Wildman–Crippen LogP) is 3.62. The van der Waals surface area contributed by atoms with Gasteiger partial charge in [0.25, 0.3) is 6.43 Å². The number of pyridine rings is 1. The summed E-state index contributed by atoms with van der Waals surface area (Å²) in [5.41, 5.74) is -0.686. The first kappa shape index (κ1) is 21.7. The lowest BCUT2D eigenvalue weighted by Crippen LogP contribution is -2.43. The molecule has 3 aliphatic heterocycles. The van der Waals surface area contributed by atoms with Crippen molar-refractivity contribution >= 4 is 28.3 Å². The molecule has 32 heavy (non-hydrogen) atoms. The van der Waals surface area contributed by atoms with Crippen LogP contribution in [0.1, 0.15) is 26.2 Å². The Bertz CT molecular complexity index is 1050. The zero-order chi connectivity index (χ0) is 22.6. The Morgan fingerprint density at radius 1 is 1.31 bits per heavy atom. The molecule has 0 unspecified atom stereocenters. The number of hydrogen-bond acceptors (Lipinski definition) is 7. The largest absolute Gasteiger partial charge is 0.475 e. The lowest BCUT2D eigenvalue weighted by molar-refractivity contribution is 0.107. The van der Waals surface area contributed by atoms with Gasteiger partial charge in [-0.25, -0.2) is 17.6 Å². The van der Waals surface area contributed by atoms with Gasteiger partial charge in [0.05, 0.1) is 18.1 Å². The van der Waals surface area contributed by atoms with Crippen molar-refractivity contribution in [1.29, 1.82) is 0 Å². The van der Waals surface area contributed by atoms with Crippen molar-refractivity contribution in [3.05, 3.63) is 11.0 Å². The van der Waals surface area contributed by atoms with Gasteiger partial charge in [-0.1, -0.05) is 11.6 Å². The number of rotatable bonds is 5. The van der Waals surface area contributed by atoms with Crippen molar-refractivity contribution in [2.24, 2.45) is 0 Å². The molecule has 0 amide bonds. The molecule has 12 heteroatoms. The van der Waals surface area contributed by atoms with Crippen LogP contribution in [0.25, 0.3) is 10.9 Å². The number of fused-ring (bicyclic) bond motifs is 1. The Kier molecular flexibility index (Phi) is 5.43. The maximum absolute atomic E-state index is 14.9. The molecule has 2 aromatic heterocycles. The molecule has 0 saturated carbocycles. The van der Waals surface area contributed by atoms with Crippen molar-refractivity contribution in [2.45, 2.75) is 50.4 Å². The molecular formula is C20H22ClF4N5O2. The van der Waals surface area contributed by atoms with Gasteiger partial charge < -0.3 is 14.4 Å². The van der Waals surface area contributed by atoms with Crippen LogP contribution < -0.4 is 14.4 Å². The van der Waals surface area contributed by atoms with E-state index in [4.69, 9.17) is 21.1 Å². The van der Waals surface area contributed by atoms with Crippen LogP contribution in [0.5, 0.6) is 11.9 Å². The Balaban J connectivity index is 1.57. The molecule has 5 heterocycles. The summed E-state index contributed by atoms with van der Waals surface area (Å²) in [6.45, 7) is 2.33. The Labute approximate surface area is 186 Å². The van der Waals surface area contributed by atoms with E-state index in [-0.39, 0.29) is 41.8 Å². The summed E-state index contributed by atoms with van der Waals surface area (Å²) in [5.74, 6) is -0.892. The van der Waals surface area contributed by atoms with E-state index in [0.29, 0.717) is 13.0 Å². The zero-order valence-electron chi connectivity index (χ0n) is 17.3. The van der Waals surface area contributed by atoms with Gasteiger partial charge in [-0.15, -0.1) is 0 Å². The standard InChI is InChI=1S/C20H22ClF4N5O2/c1-10-8-31-18-13-15(14(25)16(21)27-18)26-19(28-17(13)30(10)7-12(23)24)32-9-20-3-2-4-29(20)6-11(22)5-20/h10-12H,2-9H2,1H3/t10-,11+,20-/m0/s1. The normalized spacial score (nSPS) is 27.7. The van der Waals surface area contributed by atoms with Crippen molar-refractivity contribution in [3.8, 4) is 11.9 Å². The van der Waals surface area contributed by atoms with Crippen LogP contribution in [-0.4, -0.2) is 76.9 Å². The van der Waals surface area contributed by atoms with Gasteiger partial charge in [0.15, 0.2) is 11.0 Å². The van der Waals surface area contributed by atoms with Crippen LogP contribution in [0.4, 0.5) is 23.4 Å². The zero-order valence-corrected chi connectivity index (χ0v) is 18.1. The number of anilines is 1. The highest BCUT2D eigenvalue weighted by Gasteiger charge is 2.49. The van der Waals surface area contributed by atoms with Gasteiger partial charge in [-0.2, -0.15) is 15.0 Å². The summed E-state index contributed by atoms with van der Waals surface area (Å²) in [7, 11) is 0. The lowest BCUT2D eigenvalue weighted by atomic mass is 9.95. The van der Waals surface area contributed by atoms with Crippen LogP contribution in [0.15, 0.2) is 0 Å². The molecule has 0 N–H and O–H groups in total. The average molecular weight is 476 g/mol. The molecule has 2 fully saturated rings. The molecule has 2 aromatic rings. The Morgan fingerprint density at radius 2 is 2.12 bits per heavy atom. The second-order valence-electron chi connectivity index (χ2n) is 8.64. The number of hydrogen-bond donors (Lipinski definition) is 0. The first-order valence-corrected chi connectivity index (χ1v) is 10.9. The second-order valence-corrected chi connectivity index (χ2v) is 9.00. The fourth-order valence-electron chi connectivity index (χ4n) is 5.01. The topological polar surface area (TPSA) is 63.6 Å². The van der Waals surface area contributed by atoms with E-state index in [1.165, 1.54) is 4.90 Å². The van der Waals surface area contributed by atoms with Crippen LogP contribution in [0.3, 0.4) is 0 Å². The van der Waals surface area contributed by atoms with E-state index in [1.54, 1.807) is 6.92 Å². The number of aromatic nitrogens is 3. The number of alkyl halides is 3. The van der Waals surface area contributed by atoms with E-state index in [2.05, 4.69) is 19.9 Å². The molecule has 7 nitrogen and oxygen atoms in total. The molecule has 174 valence electrons. The average Bonchev–Trinajstić information content (AvgIpc) is 3.23. The molecule has 0 spiro atoms. The Hall–Kier alpha value is -2.14. The third-order valence-electron chi connectivity index (χ3n) is 6.50. The van der Waals surface area contributed by atoms with Crippen LogP contribution >= 0.6 is 11.6 Å². The molecule has 0 aromatic carbocycles. The predicted molar refractivity (Wildman–Crippen MR) is 109 cm³/mol. The molecule has 3 atom stereocenters. The SMILES string of the molecule is C[C@H]1COc2nc(Cl)c(F)c3nc(OC[C@@]45CCCN4C[C@H](F)C5)nc(c23)N1CC(F)F. The van der Waals surface area contributed by atoms with Crippen LogP contribution in [0.2, 0.25) is 5.15 Å². The minimum Gasteiger partial charge on any atom is -0.475 e. The minimum absolute atomic E-state index is 0.0202. The van der Waals surface area contributed by atoms with Crippen LogP contribution in [-0.2, 0) is 0 Å². The number of ether oxygens (including phenoxy) is 2. The van der Waals surface area contributed by atoms with Gasteiger partial charge in [0.1, 0.15) is 36.1 Å². The summed E-state index contributed by atoms with van der Waals surface area (Å²) in [5, 5.41) is -0.385. The Morgan fingerprint density at radius 3 is 2.91 bits per heavy atom. The highest BCUT2D eigenvalue weighted by atomic mass is 35.5. The first-order valence-electron chi connectivity index (χ1n) is 10.5. The first-order chi connectivity index (χ1) is 15.3. The van der Waals surface area contributed by atoms with Gasteiger partial charge in [0.2, 0.25) is 5.88 Å². The van der Waals surface area contributed by atoms with Crippen molar-refractivity contribution in [2.75, 3.05) is 37.7 Å². The molecule has 2 saturated heterocycles. The quantitative estimate of drug-likeness (QED) is 0.483. The van der Waals surface area contributed by atoms with Gasteiger partial charge in [-0.3, -0.25) is 4.90 Å². The summed E-state index contributed by atoms with van der Waals surface area (Å²) in [6.07, 6.45) is -1.57. The lowest BCUT2D eigenvalue weighted by Gasteiger charge is -2.31. The third kappa shape index (κ3) is 3.59. The smallest absolute Gasteiger partial charge is 0.319 e. The highest BCUT2D eigenvalue weighted by molar-refractivity contribution is 6.30. The molecular weight excluding hydrogens is 454 g/mol. The maximum Gasteiger partial charge on any atom is 0.319 e. The van der Waals surface area contributed by atoms with Gasteiger partial charge in [-0.05, 0) is 26.3 Å². The fraction of sp³-hybridized carbons (Fsp3) is 0.650. The summed E-state index contributed by atoms with van der Waals surface area (Å²) in [6, 6.07) is -0.687. The van der Waals surface area contributed by atoms with E-state index in [9.17, 15) is 17.6 Å². The maximum atomic E-state index is 14.9. The molecule has 5 rings (SSSR count). The number of halogens is 5. The van der Waals surface area contributed by atoms with Crippen LogP contribution in [0, 0.1) is 5.82 Å². The van der Waals surface area contributed by atoms with Crippen molar-refractivity contribution < 1.29 is 27.0 Å². The molecule has 3 aliphatic rings. The summed E-state index contributed by atoms with van der Waals surface area (Å²) in [4.78, 5) is 15.8. The van der Waals surface area contributed by atoms with E-state index in [0.717, 1.165) is 19.4 Å². The molecule has 0 radical (unpaired) electrons. The van der Waals surface area contributed by atoms with E-state index in [1.807, 2.05) is 0 Å². The van der Waals surface area contributed by atoms with Gasteiger partial charge >= 0.3 is 6.01 Å². The van der Waals surface area contributed by atoms with Gasteiger partial charge in [0, 0.05) is 13.0 Å². The second kappa shape index (κ2) is 8.02. The van der Waals surface area contributed by atoms with Crippen molar-refractivity contribution in [3.63, 3.8) is 0 Å².